The minimum absolute atomic E-state index is 0.230. The number of anilines is 1. The highest BCUT2D eigenvalue weighted by atomic mass is 35.5. The summed E-state index contributed by atoms with van der Waals surface area (Å²) in [6.45, 7) is 1.87. The quantitative estimate of drug-likeness (QED) is 0.651. The standard InChI is InChI=1S/C18H20Cl2N2O4S/c1-13-3-4-15(20)11-17(13)22(27(2,24)25)12-18(23)21-9-10-26-16-7-5-14(19)6-8-16/h3-8,11H,9-10,12H2,1-2H3,(H,21,23). The van der Waals surface area contributed by atoms with Gasteiger partial charge in [0.1, 0.15) is 18.9 Å². The van der Waals surface area contributed by atoms with Crippen molar-refractivity contribution in [2.24, 2.45) is 0 Å². The number of ether oxygens (including phenoxy) is 1. The molecule has 2 rings (SSSR count). The third-order valence-electron chi connectivity index (χ3n) is 3.63. The number of sulfonamides is 1. The molecule has 0 aromatic heterocycles. The third-order valence-corrected chi connectivity index (χ3v) is 5.25. The minimum atomic E-state index is -3.66. The van der Waals surface area contributed by atoms with Crippen molar-refractivity contribution in [2.45, 2.75) is 6.92 Å². The first-order valence-electron chi connectivity index (χ1n) is 8.06. The van der Waals surface area contributed by atoms with Crippen LogP contribution >= 0.6 is 23.2 Å². The molecule has 0 aliphatic heterocycles. The Morgan fingerprint density at radius 1 is 1.11 bits per heavy atom. The van der Waals surface area contributed by atoms with Gasteiger partial charge in [-0.3, -0.25) is 9.10 Å². The normalized spacial score (nSPS) is 11.1. The van der Waals surface area contributed by atoms with Gasteiger partial charge in [0.2, 0.25) is 15.9 Å². The molecule has 0 saturated heterocycles. The van der Waals surface area contributed by atoms with Gasteiger partial charge in [0.25, 0.3) is 0 Å². The summed E-state index contributed by atoms with van der Waals surface area (Å²) in [7, 11) is -3.66. The maximum Gasteiger partial charge on any atom is 0.240 e. The van der Waals surface area contributed by atoms with Crippen molar-refractivity contribution in [1.82, 2.24) is 5.32 Å². The summed E-state index contributed by atoms with van der Waals surface area (Å²) in [5.74, 6) is 0.181. The van der Waals surface area contributed by atoms with Crippen molar-refractivity contribution in [3.63, 3.8) is 0 Å². The van der Waals surface area contributed by atoms with Gasteiger partial charge >= 0.3 is 0 Å². The van der Waals surface area contributed by atoms with E-state index in [9.17, 15) is 13.2 Å². The number of nitrogens with one attached hydrogen (secondary N) is 1. The van der Waals surface area contributed by atoms with Gasteiger partial charge in [-0.15, -0.1) is 0 Å². The fourth-order valence-corrected chi connectivity index (χ4v) is 3.51. The Kier molecular flexibility index (Phi) is 7.35. The Morgan fingerprint density at radius 3 is 2.37 bits per heavy atom. The number of hydrogen-bond acceptors (Lipinski definition) is 4. The third kappa shape index (κ3) is 6.61. The molecule has 0 saturated carbocycles. The Morgan fingerprint density at radius 2 is 1.74 bits per heavy atom. The van der Waals surface area contributed by atoms with Crippen LogP contribution < -0.4 is 14.4 Å². The smallest absolute Gasteiger partial charge is 0.240 e. The predicted octanol–water partition coefficient (Wildman–Crippen LogP) is 3.26. The van der Waals surface area contributed by atoms with Crippen LogP contribution in [0.25, 0.3) is 0 Å². The molecule has 27 heavy (non-hydrogen) atoms. The van der Waals surface area contributed by atoms with E-state index in [1.165, 1.54) is 6.07 Å². The van der Waals surface area contributed by atoms with E-state index in [2.05, 4.69) is 5.32 Å². The lowest BCUT2D eigenvalue weighted by Crippen LogP contribution is -2.41. The second kappa shape index (κ2) is 9.30. The largest absolute Gasteiger partial charge is 0.492 e. The lowest BCUT2D eigenvalue weighted by Gasteiger charge is -2.23. The fourth-order valence-electron chi connectivity index (χ4n) is 2.31. The van der Waals surface area contributed by atoms with Crippen LogP contribution in [0, 0.1) is 6.92 Å². The van der Waals surface area contributed by atoms with E-state index in [1.807, 2.05) is 0 Å². The van der Waals surface area contributed by atoms with Crippen molar-refractivity contribution in [3.05, 3.63) is 58.1 Å². The second-order valence-corrected chi connectivity index (χ2v) is 8.63. The summed E-state index contributed by atoms with van der Waals surface area (Å²) >= 11 is 11.8. The summed E-state index contributed by atoms with van der Waals surface area (Å²) < 4.78 is 30.8. The van der Waals surface area contributed by atoms with Gasteiger partial charge < -0.3 is 10.1 Å². The molecule has 9 heteroatoms. The van der Waals surface area contributed by atoms with E-state index in [4.69, 9.17) is 27.9 Å². The maximum atomic E-state index is 12.2. The molecule has 1 amide bonds. The summed E-state index contributed by atoms with van der Waals surface area (Å²) in [4.78, 5) is 12.2. The highest BCUT2D eigenvalue weighted by Crippen LogP contribution is 2.26. The molecule has 2 aromatic rings. The first kappa shape index (κ1) is 21.3. The Balaban J connectivity index is 1.94. The topological polar surface area (TPSA) is 75.7 Å². The fraction of sp³-hybridized carbons (Fsp3) is 0.278. The highest BCUT2D eigenvalue weighted by Gasteiger charge is 2.22. The molecule has 0 bridgehead atoms. The molecule has 0 unspecified atom stereocenters. The Bertz CT molecular complexity index is 902. The molecule has 2 aromatic carbocycles. The lowest BCUT2D eigenvalue weighted by molar-refractivity contribution is -0.119. The first-order valence-corrected chi connectivity index (χ1v) is 10.7. The zero-order valence-corrected chi connectivity index (χ0v) is 17.2. The number of aryl methyl sites for hydroxylation is 1. The number of halogens is 2. The van der Waals surface area contributed by atoms with E-state index >= 15 is 0 Å². The summed E-state index contributed by atoms with van der Waals surface area (Å²) in [6, 6.07) is 11.7. The van der Waals surface area contributed by atoms with Crippen molar-refractivity contribution in [1.29, 1.82) is 0 Å². The zero-order valence-electron chi connectivity index (χ0n) is 14.9. The Labute approximate surface area is 169 Å². The molecule has 1 N–H and O–H groups in total. The SMILES string of the molecule is Cc1ccc(Cl)cc1N(CC(=O)NCCOc1ccc(Cl)cc1)S(C)(=O)=O. The van der Waals surface area contributed by atoms with E-state index < -0.39 is 15.9 Å². The zero-order chi connectivity index (χ0) is 20.0. The molecule has 0 atom stereocenters. The van der Waals surface area contributed by atoms with Gasteiger partial charge in [-0.25, -0.2) is 8.42 Å². The summed E-state index contributed by atoms with van der Waals surface area (Å²) in [5, 5.41) is 3.64. The molecule has 0 fully saturated rings. The molecule has 146 valence electrons. The van der Waals surface area contributed by atoms with E-state index in [1.54, 1.807) is 43.3 Å². The molecule has 0 aliphatic rings. The van der Waals surface area contributed by atoms with Crippen LogP contribution in [-0.2, 0) is 14.8 Å². The molecule has 0 heterocycles. The number of rotatable bonds is 8. The van der Waals surface area contributed by atoms with Gasteiger partial charge in [0.05, 0.1) is 18.5 Å². The first-order chi connectivity index (χ1) is 12.7. The van der Waals surface area contributed by atoms with E-state index in [-0.39, 0.29) is 19.7 Å². The molecule has 6 nitrogen and oxygen atoms in total. The summed E-state index contributed by atoms with van der Waals surface area (Å²) in [5.41, 5.74) is 1.07. The van der Waals surface area contributed by atoms with Gasteiger partial charge in [-0.05, 0) is 48.9 Å². The van der Waals surface area contributed by atoms with Gasteiger partial charge in [-0.2, -0.15) is 0 Å². The van der Waals surface area contributed by atoms with E-state index in [0.29, 0.717) is 27.0 Å². The monoisotopic (exact) mass is 430 g/mol. The van der Waals surface area contributed by atoms with Crippen LogP contribution in [0.4, 0.5) is 5.69 Å². The average molecular weight is 431 g/mol. The van der Waals surface area contributed by atoms with Crippen LogP contribution in [-0.4, -0.2) is 40.3 Å². The van der Waals surface area contributed by atoms with Gasteiger partial charge in [-0.1, -0.05) is 29.3 Å². The summed E-state index contributed by atoms with van der Waals surface area (Å²) in [6.07, 6.45) is 1.05. The second-order valence-electron chi connectivity index (χ2n) is 5.85. The maximum absolute atomic E-state index is 12.2. The number of amides is 1. The number of benzene rings is 2. The lowest BCUT2D eigenvalue weighted by atomic mass is 10.2. The van der Waals surface area contributed by atoms with Crippen LogP contribution in [0.5, 0.6) is 5.75 Å². The number of carbonyl (C=O) groups is 1. The molecular weight excluding hydrogens is 411 g/mol. The Hall–Kier alpha value is -1.96. The van der Waals surface area contributed by atoms with Crippen molar-refractivity contribution < 1.29 is 17.9 Å². The van der Waals surface area contributed by atoms with Crippen LogP contribution in [0.15, 0.2) is 42.5 Å². The van der Waals surface area contributed by atoms with Crippen LogP contribution in [0.2, 0.25) is 10.0 Å². The minimum Gasteiger partial charge on any atom is -0.492 e. The number of nitrogens with zero attached hydrogens (tertiary/aromatic N) is 1. The van der Waals surface area contributed by atoms with Gasteiger partial charge in [0.15, 0.2) is 0 Å². The predicted molar refractivity (Wildman–Crippen MR) is 108 cm³/mol. The van der Waals surface area contributed by atoms with Crippen molar-refractivity contribution >= 4 is 44.8 Å². The average Bonchev–Trinajstić information content (AvgIpc) is 2.59. The van der Waals surface area contributed by atoms with E-state index in [0.717, 1.165) is 10.6 Å². The molecule has 0 radical (unpaired) electrons. The van der Waals surface area contributed by atoms with Crippen LogP contribution in [0.3, 0.4) is 0 Å². The van der Waals surface area contributed by atoms with Crippen LogP contribution in [0.1, 0.15) is 5.56 Å². The number of carbonyl (C=O) groups excluding carboxylic acids is 1. The number of hydrogen-bond donors (Lipinski definition) is 1. The van der Waals surface area contributed by atoms with Gasteiger partial charge in [0, 0.05) is 10.0 Å². The molecule has 0 aliphatic carbocycles. The molecule has 0 spiro atoms. The highest BCUT2D eigenvalue weighted by molar-refractivity contribution is 7.92. The van der Waals surface area contributed by atoms with Crippen molar-refractivity contribution in [3.8, 4) is 5.75 Å². The molecular formula is C18H20Cl2N2O4S. The van der Waals surface area contributed by atoms with Crippen molar-refractivity contribution in [2.75, 3.05) is 30.3 Å².